The normalized spacial score (nSPS) is 14.2. The van der Waals surface area contributed by atoms with Crippen molar-refractivity contribution in [1.29, 1.82) is 0 Å². The number of ether oxygens (including phenoxy) is 2. The van der Waals surface area contributed by atoms with Crippen LogP contribution in [0.4, 0.5) is 0 Å². The lowest BCUT2D eigenvalue weighted by Gasteiger charge is -2.19. The predicted molar refractivity (Wildman–Crippen MR) is 80.9 cm³/mol. The smallest absolute Gasteiger partial charge is 0.303 e. The first-order valence-electron chi connectivity index (χ1n) is 7.01. The first-order chi connectivity index (χ1) is 10.5. The molecule has 1 atom stereocenters. The Balaban J connectivity index is 2.01. The fraction of sp³-hybridized carbons (Fsp3) is 0.375. The summed E-state index contributed by atoms with van der Waals surface area (Å²) in [5.74, 6) is 0.152. The minimum atomic E-state index is -0.872. The van der Waals surface area contributed by atoms with Crippen LogP contribution in [0.3, 0.4) is 0 Å². The lowest BCUT2D eigenvalue weighted by atomic mass is 10.1. The molecule has 0 spiro atoms. The first kappa shape index (κ1) is 15.9. The molecule has 1 heterocycles. The fourth-order valence-electron chi connectivity index (χ4n) is 2.16. The Hall–Kier alpha value is -2.50. The van der Waals surface area contributed by atoms with E-state index in [2.05, 4.69) is 5.32 Å². The van der Waals surface area contributed by atoms with Crippen LogP contribution in [0.5, 0.6) is 11.5 Å². The van der Waals surface area contributed by atoms with E-state index in [4.69, 9.17) is 14.6 Å². The van der Waals surface area contributed by atoms with Crippen LogP contribution in [-0.4, -0.2) is 37.2 Å². The van der Waals surface area contributed by atoms with Crippen molar-refractivity contribution in [2.45, 2.75) is 13.3 Å². The van der Waals surface area contributed by atoms with Crippen LogP contribution in [0.15, 0.2) is 23.8 Å². The van der Waals surface area contributed by atoms with Gasteiger partial charge in [0.1, 0.15) is 18.1 Å². The third kappa shape index (κ3) is 4.00. The first-order valence-corrected chi connectivity index (χ1v) is 7.01. The minimum Gasteiger partial charge on any atom is -0.497 e. The number of aliphatic carboxylic acids is 1. The van der Waals surface area contributed by atoms with Gasteiger partial charge in [0.15, 0.2) is 0 Å². The number of carbonyl (C=O) groups excluding carboxylic acids is 1. The maximum atomic E-state index is 12.1. The molecule has 1 aromatic carbocycles. The number of carboxylic acid groups (broad SMARTS) is 1. The molecule has 1 unspecified atom stereocenters. The molecule has 0 aromatic heterocycles. The number of carbonyl (C=O) groups is 2. The summed E-state index contributed by atoms with van der Waals surface area (Å²) >= 11 is 0. The number of methoxy groups -OCH3 is 1. The van der Waals surface area contributed by atoms with Crippen molar-refractivity contribution in [3.63, 3.8) is 0 Å². The van der Waals surface area contributed by atoms with Gasteiger partial charge in [-0.3, -0.25) is 9.59 Å². The largest absolute Gasteiger partial charge is 0.497 e. The Bertz CT molecular complexity index is 609. The Labute approximate surface area is 128 Å². The van der Waals surface area contributed by atoms with Crippen molar-refractivity contribution in [3.8, 4) is 11.5 Å². The van der Waals surface area contributed by atoms with Gasteiger partial charge in [-0.15, -0.1) is 0 Å². The molecule has 1 amide bonds. The van der Waals surface area contributed by atoms with Crippen molar-refractivity contribution in [2.75, 3.05) is 20.3 Å². The zero-order chi connectivity index (χ0) is 16.1. The number of benzene rings is 1. The van der Waals surface area contributed by atoms with Crippen molar-refractivity contribution in [1.82, 2.24) is 5.32 Å². The van der Waals surface area contributed by atoms with Crippen LogP contribution >= 0.6 is 0 Å². The summed E-state index contributed by atoms with van der Waals surface area (Å²) in [6.45, 7) is 2.28. The molecule has 0 fully saturated rings. The van der Waals surface area contributed by atoms with E-state index in [1.807, 2.05) is 0 Å². The summed E-state index contributed by atoms with van der Waals surface area (Å²) in [5, 5.41) is 11.4. The molecule has 118 valence electrons. The van der Waals surface area contributed by atoms with Crippen LogP contribution in [0, 0.1) is 5.92 Å². The van der Waals surface area contributed by atoms with Gasteiger partial charge in [0.05, 0.1) is 12.7 Å². The van der Waals surface area contributed by atoms with Gasteiger partial charge in [0.2, 0.25) is 0 Å². The predicted octanol–water partition coefficient (Wildman–Crippen LogP) is 1.70. The summed E-state index contributed by atoms with van der Waals surface area (Å²) in [6.07, 6.45) is 1.79. The highest BCUT2D eigenvalue weighted by Crippen LogP contribution is 2.29. The number of rotatable bonds is 6. The number of amides is 1. The van der Waals surface area contributed by atoms with Crippen LogP contribution < -0.4 is 14.8 Å². The van der Waals surface area contributed by atoms with Crippen molar-refractivity contribution in [3.05, 3.63) is 29.3 Å². The average Bonchev–Trinajstić information content (AvgIpc) is 2.50. The van der Waals surface area contributed by atoms with E-state index in [1.165, 1.54) is 0 Å². The molecular formula is C16H19NO5. The maximum Gasteiger partial charge on any atom is 0.303 e. The number of carboxylic acids is 1. The van der Waals surface area contributed by atoms with E-state index in [1.54, 1.807) is 38.3 Å². The van der Waals surface area contributed by atoms with Crippen molar-refractivity contribution >= 4 is 18.0 Å². The van der Waals surface area contributed by atoms with E-state index < -0.39 is 5.97 Å². The highest BCUT2D eigenvalue weighted by Gasteiger charge is 2.18. The molecule has 6 heteroatoms. The topological polar surface area (TPSA) is 84.9 Å². The molecule has 0 aliphatic carbocycles. The number of hydrogen-bond donors (Lipinski definition) is 2. The van der Waals surface area contributed by atoms with E-state index in [0.717, 1.165) is 5.56 Å². The van der Waals surface area contributed by atoms with E-state index in [0.29, 0.717) is 23.6 Å². The summed E-state index contributed by atoms with van der Waals surface area (Å²) < 4.78 is 10.7. The van der Waals surface area contributed by atoms with Gasteiger partial charge in [-0.25, -0.2) is 0 Å². The lowest BCUT2D eigenvalue weighted by Crippen LogP contribution is -2.32. The van der Waals surface area contributed by atoms with Crippen LogP contribution in [-0.2, 0) is 9.59 Å². The molecular weight excluding hydrogens is 286 g/mol. The minimum absolute atomic E-state index is 0.0237. The number of hydrogen-bond acceptors (Lipinski definition) is 4. The van der Waals surface area contributed by atoms with Gasteiger partial charge in [0, 0.05) is 18.5 Å². The third-order valence-electron chi connectivity index (χ3n) is 3.36. The zero-order valence-corrected chi connectivity index (χ0v) is 12.6. The van der Waals surface area contributed by atoms with E-state index in [9.17, 15) is 9.59 Å². The molecule has 1 aliphatic heterocycles. The molecule has 2 N–H and O–H groups in total. The number of nitrogens with one attached hydrogen (secondary N) is 1. The third-order valence-corrected chi connectivity index (χ3v) is 3.36. The molecule has 2 rings (SSSR count). The van der Waals surface area contributed by atoms with E-state index in [-0.39, 0.29) is 24.9 Å². The van der Waals surface area contributed by atoms with Gasteiger partial charge in [0.25, 0.3) is 5.91 Å². The molecule has 1 aromatic rings. The standard InChI is InChI=1S/C16H19NO5/c1-10(5-15(18)19)8-17-16(20)12-6-11-7-13(21-2)3-4-14(11)22-9-12/h3-4,6-7,10H,5,8-9H2,1-2H3,(H,17,20)(H,18,19). The second-order valence-electron chi connectivity index (χ2n) is 5.28. The summed E-state index contributed by atoms with van der Waals surface area (Å²) in [5.41, 5.74) is 1.29. The lowest BCUT2D eigenvalue weighted by molar-refractivity contribution is -0.138. The van der Waals surface area contributed by atoms with Crippen LogP contribution in [0.25, 0.3) is 6.08 Å². The van der Waals surface area contributed by atoms with Gasteiger partial charge >= 0.3 is 5.97 Å². The van der Waals surface area contributed by atoms with Crippen LogP contribution in [0.2, 0.25) is 0 Å². The molecule has 6 nitrogen and oxygen atoms in total. The fourth-order valence-corrected chi connectivity index (χ4v) is 2.16. The Morgan fingerprint density at radius 1 is 1.45 bits per heavy atom. The highest BCUT2D eigenvalue weighted by atomic mass is 16.5. The van der Waals surface area contributed by atoms with Crippen LogP contribution in [0.1, 0.15) is 18.9 Å². The Morgan fingerprint density at radius 2 is 2.23 bits per heavy atom. The van der Waals surface area contributed by atoms with Gasteiger partial charge in [-0.2, -0.15) is 0 Å². The highest BCUT2D eigenvalue weighted by molar-refractivity contribution is 5.99. The summed E-state index contributed by atoms with van der Waals surface area (Å²) in [4.78, 5) is 22.7. The second-order valence-corrected chi connectivity index (χ2v) is 5.28. The van der Waals surface area contributed by atoms with E-state index >= 15 is 0 Å². The maximum absolute atomic E-state index is 12.1. The molecule has 0 saturated carbocycles. The molecule has 1 aliphatic rings. The summed E-state index contributed by atoms with van der Waals surface area (Å²) in [6, 6.07) is 5.40. The summed E-state index contributed by atoms with van der Waals surface area (Å²) in [7, 11) is 1.58. The average molecular weight is 305 g/mol. The Morgan fingerprint density at radius 3 is 2.91 bits per heavy atom. The SMILES string of the molecule is COc1ccc2c(c1)C=C(C(=O)NCC(C)CC(=O)O)CO2. The second kappa shape index (κ2) is 6.98. The molecule has 0 saturated heterocycles. The monoisotopic (exact) mass is 305 g/mol. The van der Waals surface area contributed by atoms with Crippen molar-refractivity contribution < 1.29 is 24.2 Å². The van der Waals surface area contributed by atoms with Crippen molar-refractivity contribution in [2.24, 2.45) is 5.92 Å². The zero-order valence-electron chi connectivity index (χ0n) is 12.6. The number of fused-ring (bicyclic) bond motifs is 1. The molecule has 0 radical (unpaired) electrons. The quantitative estimate of drug-likeness (QED) is 0.835. The van der Waals surface area contributed by atoms with Gasteiger partial charge < -0.3 is 19.9 Å². The van der Waals surface area contributed by atoms with Gasteiger partial charge in [-0.05, 0) is 30.2 Å². The van der Waals surface area contributed by atoms with Gasteiger partial charge in [-0.1, -0.05) is 6.92 Å². The Kier molecular flexibility index (Phi) is 5.04. The molecule has 22 heavy (non-hydrogen) atoms. The molecule has 0 bridgehead atoms.